The zero-order valence-electron chi connectivity index (χ0n) is 21.3. The van der Waals surface area contributed by atoms with Gasteiger partial charge in [-0.3, -0.25) is 0 Å². The van der Waals surface area contributed by atoms with Crippen LogP contribution in [0.1, 0.15) is 62.2 Å². The van der Waals surface area contributed by atoms with Gasteiger partial charge in [0.05, 0.1) is 0 Å². The number of para-hydroxylation sites is 2. The zero-order valence-corrected chi connectivity index (χ0v) is 21.3. The summed E-state index contributed by atoms with van der Waals surface area (Å²) < 4.78 is 5.87. The number of rotatable bonds is 4. The molecule has 1 heterocycles. The Kier molecular flexibility index (Phi) is 5.83. The topological polar surface area (TPSA) is 62.3 Å². The molecule has 0 aliphatic heterocycles. The van der Waals surface area contributed by atoms with Gasteiger partial charge >= 0.3 is 5.97 Å². The summed E-state index contributed by atoms with van der Waals surface area (Å²) in [5.74, 6) is 0.0464. The van der Waals surface area contributed by atoms with Crippen molar-refractivity contribution in [2.75, 3.05) is 0 Å². The highest BCUT2D eigenvalue weighted by molar-refractivity contribution is 6.12. The van der Waals surface area contributed by atoms with Gasteiger partial charge in [0.2, 0.25) is 0 Å². The van der Waals surface area contributed by atoms with E-state index in [1.807, 2.05) is 60.7 Å². The van der Waals surface area contributed by atoms with Crippen LogP contribution in [0.5, 0.6) is 11.5 Å². The first kappa shape index (κ1) is 23.7. The first-order valence-corrected chi connectivity index (χ1v) is 12.3. The molecule has 0 amide bonds. The molecule has 0 fully saturated rings. The number of carbonyl (C=O) groups is 1. The van der Waals surface area contributed by atoms with Gasteiger partial charge in [0.25, 0.3) is 0 Å². The van der Waals surface area contributed by atoms with Gasteiger partial charge in [-0.05, 0) is 40.5 Å². The highest BCUT2D eigenvalue weighted by Crippen LogP contribution is 2.47. The van der Waals surface area contributed by atoms with Crippen molar-refractivity contribution in [1.82, 2.24) is 4.98 Å². The largest absolute Gasteiger partial charge is 0.506 e. The lowest BCUT2D eigenvalue weighted by Crippen LogP contribution is -2.14. The van der Waals surface area contributed by atoms with E-state index in [4.69, 9.17) is 4.74 Å². The first-order chi connectivity index (χ1) is 17.2. The Morgan fingerprint density at radius 1 is 0.861 bits per heavy atom. The summed E-state index contributed by atoms with van der Waals surface area (Å²) in [4.78, 5) is 17.1. The van der Waals surface area contributed by atoms with Crippen LogP contribution in [0.25, 0.3) is 32.8 Å². The number of phenolic OH excluding ortho intramolecular Hbond substituents is 1. The average molecular weight is 478 g/mol. The standard InChI is InChI=1S/C32H31NO3/c1-19(2)21-13-9-11-17-26(21)36-31(35)24-18-20-12-6-7-14-22(20)27(29(24)34)28-23-15-8-10-16-25(23)33-30(28)32(3,4)5/h6-19,33-34H,1-5H3. The van der Waals surface area contributed by atoms with E-state index in [0.717, 1.165) is 38.5 Å². The van der Waals surface area contributed by atoms with E-state index in [9.17, 15) is 9.90 Å². The van der Waals surface area contributed by atoms with Crippen LogP contribution in [-0.4, -0.2) is 16.1 Å². The van der Waals surface area contributed by atoms with Crippen LogP contribution in [0.2, 0.25) is 0 Å². The van der Waals surface area contributed by atoms with Gasteiger partial charge < -0.3 is 14.8 Å². The van der Waals surface area contributed by atoms with E-state index in [-0.39, 0.29) is 22.6 Å². The van der Waals surface area contributed by atoms with E-state index < -0.39 is 5.97 Å². The number of esters is 1. The number of carbonyl (C=O) groups excluding carboxylic acids is 1. The van der Waals surface area contributed by atoms with Crippen molar-refractivity contribution in [3.8, 4) is 22.6 Å². The molecule has 182 valence electrons. The van der Waals surface area contributed by atoms with Gasteiger partial charge in [-0.2, -0.15) is 0 Å². The van der Waals surface area contributed by atoms with Crippen LogP contribution < -0.4 is 4.74 Å². The number of fused-ring (bicyclic) bond motifs is 2. The van der Waals surface area contributed by atoms with E-state index in [0.29, 0.717) is 11.3 Å². The van der Waals surface area contributed by atoms with Crippen molar-refractivity contribution < 1.29 is 14.6 Å². The molecule has 4 nitrogen and oxygen atoms in total. The number of hydrogen-bond acceptors (Lipinski definition) is 3. The molecule has 0 spiro atoms. The van der Waals surface area contributed by atoms with Gasteiger partial charge in [0.15, 0.2) is 0 Å². The molecule has 2 N–H and O–H groups in total. The van der Waals surface area contributed by atoms with E-state index in [2.05, 4.69) is 45.7 Å². The molecule has 0 radical (unpaired) electrons. The van der Waals surface area contributed by atoms with Crippen LogP contribution in [0.3, 0.4) is 0 Å². The maximum Gasteiger partial charge on any atom is 0.347 e. The Morgan fingerprint density at radius 2 is 1.50 bits per heavy atom. The second kappa shape index (κ2) is 8.87. The van der Waals surface area contributed by atoms with Crippen molar-refractivity contribution in [1.29, 1.82) is 0 Å². The molecule has 4 heteroatoms. The normalized spacial score (nSPS) is 11.9. The van der Waals surface area contributed by atoms with E-state index >= 15 is 0 Å². The fraction of sp³-hybridized carbons (Fsp3) is 0.219. The molecule has 36 heavy (non-hydrogen) atoms. The van der Waals surface area contributed by atoms with E-state index in [1.165, 1.54) is 0 Å². The zero-order chi connectivity index (χ0) is 25.6. The highest BCUT2D eigenvalue weighted by atomic mass is 16.5. The summed E-state index contributed by atoms with van der Waals surface area (Å²) in [5, 5.41) is 14.5. The molecule has 0 atom stereocenters. The van der Waals surface area contributed by atoms with Gasteiger partial charge in [-0.1, -0.05) is 95.3 Å². The lowest BCUT2D eigenvalue weighted by atomic mass is 9.84. The Balaban J connectivity index is 1.77. The first-order valence-electron chi connectivity index (χ1n) is 12.3. The number of hydrogen-bond donors (Lipinski definition) is 2. The number of aromatic amines is 1. The van der Waals surface area contributed by atoms with E-state index in [1.54, 1.807) is 12.1 Å². The molecule has 0 aliphatic rings. The fourth-order valence-corrected chi connectivity index (χ4v) is 4.91. The number of nitrogens with one attached hydrogen (secondary N) is 1. The fourth-order valence-electron chi connectivity index (χ4n) is 4.91. The third-order valence-corrected chi connectivity index (χ3v) is 6.69. The van der Waals surface area contributed by atoms with Gasteiger partial charge in [0.1, 0.15) is 17.1 Å². The maximum absolute atomic E-state index is 13.5. The van der Waals surface area contributed by atoms with Gasteiger partial charge in [-0.25, -0.2) is 4.79 Å². The Morgan fingerprint density at radius 3 is 2.22 bits per heavy atom. The molecule has 1 aromatic heterocycles. The van der Waals surface area contributed by atoms with Crippen LogP contribution >= 0.6 is 0 Å². The van der Waals surface area contributed by atoms with Crippen molar-refractivity contribution >= 4 is 27.6 Å². The Hall–Kier alpha value is -4.05. The van der Waals surface area contributed by atoms with Crippen molar-refractivity contribution in [2.24, 2.45) is 0 Å². The molecule has 0 unspecified atom stereocenters. The number of H-pyrrole nitrogens is 1. The lowest BCUT2D eigenvalue weighted by Gasteiger charge is -2.22. The molecule has 5 rings (SSSR count). The molecular weight excluding hydrogens is 446 g/mol. The van der Waals surface area contributed by atoms with Crippen molar-refractivity contribution in [2.45, 2.75) is 46.0 Å². The molecule has 0 saturated heterocycles. The van der Waals surface area contributed by atoms with Crippen LogP contribution in [0.15, 0.2) is 78.9 Å². The summed E-state index contributed by atoms with van der Waals surface area (Å²) in [6.45, 7) is 10.5. The summed E-state index contributed by atoms with van der Waals surface area (Å²) in [6.07, 6.45) is 0. The van der Waals surface area contributed by atoms with Crippen molar-refractivity contribution in [3.05, 3.63) is 95.7 Å². The Bertz CT molecular complexity index is 1600. The van der Waals surface area contributed by atoms with Crippen molar-refractivity contribution in [3.63, 3.8) is 0 Å². The summed E-state index contributed by atoms with van der Waals surface area (Å²) in [6, 6.07) is 25.2. The second-order valence-corrected chi connectivity index (χ2v) is 10.6. The number of aromatic hydroxyl groups is 1. The quantitative estimate of drug-likeness (QED) is 0.202. The monoisotopic (exact) mass is 477 g/mol. The maximum atomic E-state index is 13.5. The second-order valence-electron chi connectivity index (χ2n) is 10.6. The molecule has 0 bridgehead atoms. The predicted molar refractivity (Wildman–Crippen MR) is 147 cm³/mol. The molecule has 0 saturated carbocycles. The van der Waals surface area contributed by atoms with Crippen LogP contribution in [0, 0.1) is 0 Å². The molecule has 0 aliphatic carbocycles. The number of aromatic nitrogens is 1. The molecule has 5 aromatic rings. The smallest absolute Gasteiger partial charge is 0.347 e. The number of phenols is 1. The molecular formula is C32H31NO3. The summed E-state index contributed by atoms with van der Waals surface area (Å²) in [7, 11) is 0. The minimum Gasteiger partial charge on any atom is -0.506 e. The molecule has 4 aromatic carbocycles. The minimum atomic E-state index is -0.579. The third-order valence-electron chi connectivity index (χ3n) is 6.69. The third kappa shape index (κ3) is 4.03. The minimum absolute atomic E-state index is 0.0732. The summed E-state index contributed by atoms with van der Waals surface area (Å²) >= 11 is 0. The predicted octanol–water partition coefficient (Wildman–Crippen LogP) is 8.33. The summed E-state index contributed by atoms with van der Waals surface area (Å²) in [5.41, 5.74) is 4.39. The Labute approximate surface area is 211 Å². The number of benzene rings is 4. The average Bonchev–Trinajstić information content (AvgIpc) is 3.24. The SMILES string of the molecule is CC(C)c1ccccc1OC(=O)c1cc2ccccc2c(-c2c(C(C)(C)C)[nH]c3ccccc23)c1O. The number of ether oxygens (including phenoxy) is 1. The van der Waals surface area contributed by atoms with Crippen LogP contribution in [0.4, 0.5) is 0 Å². The highest BCUT2D eigenvalue weighted by Gasteiger charge is 2.29. The van der Waals surface area contributed by atoms with Crippen LogP contribution in [-0.2, 0) is 5.41 Å². The van der Waals surface area contributed by atoms with Gasteiger partial charge in [-0.15, -0.1) is 0 Å². The lowest BCUT2D eigenvalue weighted by molar-refractivity contribution is 0.0730. The van der Waals surface area contributed by atoms with Gasteiger partial charge in [0, 0.05) is 33.1 Å².